The van der Waals surface area contributed by atoms with Crippen molar-refractivity contribution in [2.75, 3.05) is 12.5 Å². The summed E-state index contributed by atoms with van der Waals surface area (Å²) < 4.78 is 5.89. The number of aromatic nitrogens is 1. The van der Waals surface area contributed by atoms with Gasteiger partial charge in [-0.3, -0.25) is 0 Å². The van der Waals surface area contributed by atoms with Gasteiger partial charge in [0.15, 0.2) is 0 Å². The lowest BCUT2D eigenvalue weighted by Crippen LogP contribution is -1.79. The molecule has 0 aliphatic rings. The van der Waals surface area contributed by atoms with Gasteiger partial charge in [-0.15, -0.1) is 23.5 Å². The summed E-state index contributed by atoms with van der Waals surface area (Å²) in [5, 5.41) is 0. The summed E-state index contributed by atoms with van der Waals surface area (Å²) in [6.45, 7) is 0. The highest BCUT2D eigenvalue weighted by Gasteiger charge is 1.97. The summed E-state index contributed by atoms with van der Waals surface area (Å²) in [7, 11) is 0. The predicted molar refractivity (Wildman–Crippen MR) is 50.6 cm³/mol. The van der Waals surface area contributed by atoms with Crippen LogP contribution < -0.4 is 0 Å². The van der Waals surface area contributed by atoms with Crippen LogP contribution in [0, 0.1) is 0 Å². The van der Waals surface area contributed by atoms with Crippen molar-refractivity contribution in [2.45, 2.75) is 0 Å². The fourth-order valence-electron chi connectivity index (χ4n) is 0.524. The van der Waals surface area contributed by atoms with Gasteiger partial charge in [-0.2, -0.15) is 4.99 Å². The average Bonchev–Trinajstić information content (AvgIpc) is 2.52. The minimum atomic E-state index is 0.420. The summed E-state index contributed by atoms with van der Waals surface area (Å²) in [5.41, 5.74) is 0. The molecule has 0 saturated carbocycles. The number of oxazole rings is 1. The molecule has 0 spiro atoms. The highest BCUT2D eigenvalue weighted by Crippen LogP contribution is 2.16. The Hall–Kier alpha value is -0.420. The van der Waals surface area contributed by atoms with Crippen LogP contribution in [-0.2, 0) is 0 Å². The maximum absolute atomic E-state index is 4.94. The van der Waals surface area contributed by atoms with E-state index in [1.165, 1.54) is 6.26 Å². The first kappa shape index (κ1) is 8.67. The van der Waals surface area contributed by atoms with Crippen molar-refractivity contribution in [1.29, 1.82) is 0 Å². The Morgan fingerprint density at radius 2 is 2.27 bits per heavy atom. The third-order valence-corrected chi connectivity index (χ3v) is 2.84. The van der Waals surface area contributed by atoms with E-state index in [4.69, 9.17) is 4.42 Å². The highest BCUT2D eigenvalue weighted by atomic mass is 32.2. The highest BCUT2D eigenvalue weighted by molar-refractivity contribution is 8.38. The van der Waals surface area contributed by atoms with Crippen LogP contribution in [-0.4, -0.2) is 21.9 Å². The maximum atomic E-state index is 4.94. The quantitative estimate of drug-likeness (QED) is 0.501. The second-order valence-corrected chi connectivity index (χ2v) is 3.45. The SMILES string of the molecule is CSC(=Nc1ncco1)SC. The minimum Gasteiger partial charge on any atom is -0.431 e. The van der Waals surface area contributed by atoms with E-state index >= 15 is 0 Å². The molecule has 1 aromatic rings. The molecule has 5 heteroatoms. The van der Waals surface area contributed by atoms with Crippen LogP contribution in [0.25, 0.3) is 0 Å². The van der Waals surface area contributed by atoms with Gasteiger partial charge in [0.1, 0.15) is 10.6 Å². The molecule has 0 amide bonds. The molecule has 0 bridgehead atoms. The number of rotatable bonds is 1. The van der Waals surface area contributed by atoms with Gasteiger partial charge in [0.05, 0.1) is 6.20 Å². The van der Waals surface area contributed by atoms with Gasteiger partial charge < -0.3 is 4.42 Å². The van der Waals surface area contributed by atoms with E-state index < -0.39 is 0 Å². The van der Waals surface area contributed by atoms with Gasteiger partial charge in [0.25, 0.3) is 0 Å². The first-order chi connectivity index (χ1) is 5.36. The van der Waals surface area contributed by atoms with Crippen LogP contribution in [0.3, 0.4) is 0 Å². The monoisotopic (exact) mass is 188 g/mol. The van der Waals surface area contributed by atoms with E-state index in [0.717, 1.165) is 4.38 Å². The molecule has 0 fully saturated rings. The van der Waals surface area contributed by atoms with Crippen LogP contribution >= 0.6 is 23.5 Å². The first-order valence-electron chi connectivity index (χ1n) is 2.93. The topological polar surface area (TPSA) is 38.4 Å². The number of aliphatic imine (C=N–C) groups is 1. The molecule has 0 atom stereocenters. The normalized spacial score (nSPS) is 9.64. The van der Waals surface area contributed by atoms with Crippen LogP contribution in [0.5, 0.6) is 0 Å². The average molecular weight is 188 g/mol. The molecule has 1 heterocycles. The molecule has 0 aliphatic carbocycles. The summed E-state index contributed by atoms with van der Waals surface area (Å²) >= 11 is 3.16. The number of nitrogens with zero attached hydrogens (tertiary/aromatic N) is 2. The van der Waals surface area contributed by atoms with E-state index in [1.807, 2.05) is 12.5 Å². The number of thioether (sulfide) groups is 2. The third-order valence-electron chi connectivity index (χ3n) is 0.955. The van der Waals surface area contributed by atoms with Crippen molar-refractivity contribution in [1.82, 2.24) is 4.98 Å². The van der Waals surface area contributed by atoms with Crippen LogP contribution in [0.15, 0.2) is 21.9 Å². The van der Waals surface area contributed by atoms with E-state index in [-0.39, 0.29) is 0 Å². The molecule has 0 aliphatic heterocycles. The summed E-state index contributed by atoms with van der Waals surface area (Å²) in [4.78, 5) is 7.99. The Bertz CT molecular complexity index is 227. The molecule has 1 rings (SSSR count). The molecule has 0 aromatic carbocycles. The zero-order valence-corrected chi connectivity index (χ0v) is 7.91. The standard InChI is InChI=1S/C6H8N2OS2/c1-10-6(11-2)8-5-7-3-4-9-5/h3-4H,1-2H3. The maximum Gasteiger partial charge on any atom is 0.323 e. The van der Waals surface area contributed by atoms with E-state index in [2.05, 4.69) is 9.98 Å². The van der Waals surface area contributed by atoms with Crippen LogP contribution in [0.2, 0.25) is 0 Å². The van der Waals surface area contributed by atoms with Crippen molar-refractivity contribution < 1.29 is 4.42 Å². The molecule has 11 heavy (non-hydrogen) atoms. The fraction of sp³-hybridized carbons (Fsp3) is 0.333. The second kappa shape index (κ2) is 4.46. The molecule has 3 nitrogen and oxygen atoms in total. The van der Waals surface area contributed by atoms with Gasteiger partial charge in [-0.1, -0.05) is 0 Å². The Balaban J connectivity index is 2.71. The molecular formula is C6H8N2OS2. The first-order valence-corrected chi connectivity index (χ1v) is 5.38. The lowest BCUT2D eigenvalue weighted by atomic mass is 11.0. The van der Waals surface area contributed by atoms with Crippen molar-refractivity contribution in [3.63, 3.8) is 0 Å². The molecule has 1 aromatic heterocycles. The Labute approximate surface area is 73.7 Å². The van der Waals surface area contributed by atoms with Crippen molar-refractivity contribution in [2.24, 2.45) is 4.99 Å². The molecular weight excluding hydrogens is 180 g/mol. The fourth-order valence-corrected chi connectivity index (χ4v) is 1.53. The van der Waals surface area contributed by atoms with Gasteiger partial charge in [0, 0.05) is 0 Å². The zero-order valence-electron chi connectivity index (χ0n) is 6.27. The molecule has 0 saturated heterocycles. The Morgan fingerprint density at radius 3 is 2.73 bits per heavy atom. The van der Waals surface area contributed by atoms with Crippen molar-refractivity contribution in [3.05, 3.63) is 12.5 Å². The van der Waals surface area contributed by atoms with Crippen molar-refractivity contribution in [3.8, 4) is 0 Å². The zero-order chi connectivity index (χ0) is 8.10. The minimum absolute atomic E-state index is 0.420. The summed E-state index contributed by atoms with van der Waals surface area (Å²) in [5.74, 6) is 0. The molecule has 0 N–H and O–H groups in total. The summed E-state index contributed by atoms with van der Waals surface area (Å²) in [6, 6.07) is 0.420. The van der Waals surface area contributed by atoms with Crippen LogP contribution in [0.4, 0.5) is 6.01 Å². The molecule has 0 unspecified atom stereocenters. The largest absolute Gasteiger partial charge is 0.431 e. The van der Waals surface area contributed by atoms with E-state index in [1.54, 1.807) is 29.7 Å². The Kier molecular flexibility index (Phi) is 3.51. The van der Waals surface area contributed by atoms with Crippen LogP contribution in [0.1, 0.15) is 0 Å². The smallest absolute Gasteiger partial charge is 0.323 e. The van der Waals surface area contributed by atoms with E-state index in [9.17, 15) is 0 Å². The van der Waals surface area contributed by atoms with Gasteiger partial charge in [-0.25, -0.2) is 4.98 Å². The second-order valence-electron chi connectivity index (χ2n) is 1.60. The van der Waals surface area contributed by atoms with E-state index in [0.29, 0.717) is 6.01 Å². The Morgan fingerprint density at radius 1 is 1.55 bits per heavy atom. The molecule has 60 valence electrons. The van der Waals surface area contributed by atoms with Gasteiger partial charge in [-0.05, 0) is 12.5 Å². The lowest BCUT2D eigenvalue weighted by molar-refractivity contribution is 0.570. The third kappa shape index (κ3) is 2.59. The summed E-state index contributed by atoms with van der Waals surface area (Å²) in [6.07, 6.45) is 7.03. The number of hydrogen-bond donors (Lipinski definition) is 0. The lowest BCUT2D eigenvalue weighted by Gasteiger charge is -1.92. The van der Waals surface area contributed by atoms with Gasteiger partial charge >= 0.3 is 6.01 Å². The van der Waals surface area contributed by atoms with Gasteiger partial charge in [0.2, 0.25) is 0 Å². The number of hydrogen-bond acceptors (Lipinski definition) is 5. The predicted octanol–water partition coefficient (Wildman–Crippen LogP) is 2.39. The molecule has 0 radical (unpaired) electrons. The van der Waals surface area contributed by atoms with Crippen molar-refractivity contribution >= 4 is 33.9 Å².